The topological polar surface area (TPSA) is 58.1 Å². The molecule has 0 aromatic heterocycles. The molecule has 2 rings (SSSR count). The van der Waals surface area contributed by atoms with Gasteiger partial charge >= 0.3 is 0 Å². The van der Waals surface area contributed by atoms with Gasteiger partial charge in [0.15, 0.2) is 5.96 Å². The molecule has 1 aromatic rings. The van der Waals surface area contributed by atoms with E-state index in [2.05, 4.69) is 41.3 Å². The minimum Gasteiger partial charge on any atom is -0.497 e. The lowest BCUT2D eigenvalue weighted by molar-refractivity contribution is 0.222. The van der Waals surface area contributed by atoms with Crippen LogP contribution in [-0.4, -0.2) is 62.8 Å². The van der Waals surface area contributed by atoms with Crippen molar-refractivity contribution in [2.45, 2.75) is 45.9 Å². The molecule has 6 nitrogen and oxygen atoms in total. The van der Waals surface area contributed by atoms with Crippen molar-refractivity contribution in [3.8, 4) is 11.5 Å². The second kappa shape index (κ2) is 11.6. The fourth-order valence-corrected chi connectivity index (χ4v) is 3.17. The molecular weight excluding hydrogens is 455 g/mol. The van der Waals surface area contributed by atoms with Gasteiger partial charge in [0.25, 0.3) is 0 Å². The molecular formula is C20H35IN4O2. The summed E-state index contributed by atoms with van der Waals surface area (Å²) >= 11 is 0. The van der Waals surface area contributed by atoms with E-state index in [4.69, 9.17) is 9.47 Å². The predicted octanol–water partition coefficient (Wildman–Crippen LogP) is 2.97. The zero-order chi connectivity index (χ0) is 19.1. The molecule has 1 heterocycles. The van der Waals surface area contributed by atoms with E-state index in [1.807, 2.05) is 38.2 Å². The lowest BCUT2D eigenvalue weighted by atomic mass is 10.1. The molecule has 0 aliphatic carbocycles. The number of guanidine groups is 1. The van der Waals surface area contributed by atoms with Crippen LogP contribution in [0.5, 0.6) is 11.5 Å². The monoisotopic (exact) mass is 490 g/mol. The van der Waals surface area contributed by atoms with Crippen LogP contribution >= 0.6 is 24.0 Å². The van der Waals surface area contributed by atoms with Gasteiger partial charge in [-0.1, -0.05) is 13.0 Å². The summed E-state index contributed by atoms with van der Waals surface area (Å²) in [6, 6.07) is 8.66. The number of halogens is 1. The zero-order valence-corrected chi connectivity index (χ0v) is 19.7. The number of likely N-dealkylation sites (tertiary alicyclic amines) is 1. The van der Waals surface area contributed by atoms with Crippen molar-refractivity contribution in [3.63, 3.8) is 0 Å². The molecule has 2 N–H and O–H groups in total. The van der Waals surface area contributed by atoms with Crippen LogP contribution in [0.1, 0.15) is 27.7 Å². The number of ether oxygens (including phenoxy) is 2. The Morgan fingerprint density at radius 1 is 1.26 bits per heavy atom. The first-order chi connectivity index (χ1) is 12.4. The van der Waals surface area contributed by atoms with Crippen molar-refractivity contribution in [2.24, 2.45) is 10.9 Å². The highest BCUT2D eigenvalue weighted by molar-refractivity contribution is 14.0. The largest absolute Gasteiger partial charge is 0.497 e. The van der Waals surface area contributed by atoms with Crippen LogP contribution in [0.4, 0.5) is 0 Å². The number of aliphatic imine (C=N–C) groups is 1. The number of hydrogen-bond donors (Lipinski definition) is 2. The number of benzene rings is 1. The van der Waals surface area contributed by atoms with Gasteiger partial charge < -0.3 is 20.1 Å². The summed E-state index contributed by atoms with van der Waals surface area (Å²) in [4.78, 5) is 6.87. The molecule has 1 aromatic carbocycles. The number of nitrogens with zero attached hydrogens (tertiary/aromatic N) is 2. The molecule has 1 aliphatic heterocycles. The van der Waals surface area contributed by atoms with Crippen LogP contribution < -0.4 is 20.1 Å². The highest BCUT2D eigenvalue weighted by Gasteiger charge is 2.31. The van der Waals surface area contributed by atoms with Gasteiger partial charge in [-0.15, -0.1) is 24.0 Å². The molecule has 3 atom stereocenters. The number of methoxy groups -OCH3 is 1. The summed E-state index contributed by atoms with van der Waals surface area (Å²) in [5.41, 5.74) is 0. The molecule has 1 saturated heterocycles. The Labute approximate surface area is 181 Å². The molecule has 3 unspecified atom stereocenters. The van der Waals surface area contributed by atoms with E-state index in [0.29, 0.717) is 24.5 Å². The van der Waals surface area contributed by atoms with Gasteiger partial charge in [0.05, 0.1) is 13.7 Å². The molecule has 154 valence electrons. The summed E-state index contributed by atoms with van der Waals surface area (Å²) in [7, 11) is 3.47. The summed E-state index contributed by atoms with van der Waals surface area (Å²) in [6.45, 7) is 11.7. The first-order valence-corrected chi connectivity index (χ1v) is 9.44. The average molecular weight is 490 g/mol. The van der Waals surface area contributed by atoms with Crippen molar-refractivity contribution < 1.29 is 9.47 Å². The van der Waals surface area contributed by atoms with E-state index in [0.717, 1.165) is 30.5 Å². The van der Waals surface area contributed by atoms with Gasteiger partial charge in [0.2, 0.25) is 0 Å². The van der Waals surface area contributed by atoms with E-state index >= 15 is 0 Å². The maximum Gasteiger partial charge on any atom is 0.191 e. The molecule has 1 aliphatic rings. The fourth-order valence-electron chi connectivity index (χ4n) is 3.17. The number of rotatable bonds is 7. The van der Waals surface area contributed by atoms with Crippen LogP contribution in [0, 0.1) is 5.92 Å². The summed E-state index contributed by atoms with van der Waals surface area (Å²) in [5.74, 6) is 3.03. The summed E-state index contributed by atoms with van der Waals surface area (Å²) < 4.78 is 11.2. The van der Waals surface area contributed by atoms with Crippen LogP contribution in [-0.2, 0) is 0 Å². The molecule has 7 heteroatoms. The molecule has 0 radical (unpaired) electrons. The Morgan fingerprint density at radius 3 is 2.56 bits per heavy atom. The lowest BCUT2D eigenvalue weighted by Gasteiger charge is -2.23. The van der Waals surface area contributed by atoms with Gasteiger partial charge in [0.1, 0.15) is 17.6 Å². The van der Waals surface area contributed by atoms with E-state index in [1.54, 1.807) is 7.11 Å². The zero-order valence-electron chi connectivity index (χ0n) is 17.4. The van der Waals surface area contributed by atoms with Crippen molar-refractivity contribution in [2.75, 3.05) is 33.8 Å². The summed E-state index contributed by atoms with van der Waals surface area (Å²) in [5, 5.41) is 6.93. The second-order valence-electron chi connectivity index (χ2n) is 7.34. The molecule has 1 fully saturated rings. The minimum absolute atomic E-state index is 0. The Balaban J connectivity index is 0.00000364. The number of nitrogens with one attached hydrogen (secondary N) is 2. The van der Waals surface area contributed by atoms with Crippen LogP contribution in [0.3, 0.4) is 0 Å². The van der Waals surface area contributed by atoms with Crippen molar-refractivity contribution in [3.05, 3.63) is 24.3 Å². The third-order valence-electron chi connectivity index (χ3n) is 4.85. The first-order valence-electron chi connectivity index (χ1n) is 9.44. The van der Waals surface area contributed by atoms with E-state index in [1.165, 1.54) is 0 Å². The van der Waals surface area contributed by atoms with Crippen LogP contribution in [0.2, 0.25) is 0 Å². The smallest absolute Gasteiger partial charge is 0.191 e. The Morgan fingerprint density at radius 2 is 1.96 bits per heavy atom. The highest BCUT2D eigenvalue weighted by atomic mass is 127. The lowest BCUT2D eigenvalue weighted by Crippen LogP contribution is -2.48. The maximum atomic E-state index is 5.96. The van der Waals surface area contributed by atoms with E-state index in [-0.39, 0.29) is 30.1 Å². The predicted molar refractivity (Wildman–Crippen MR) is 123 cm³/mol. The van der Waals surface area contributed by atoms with E-state index < -0.39 is 0 Å². The quantitative estimate of drug-likeness (QED) is 0.350. The standard InChI is InChI=1S/C20H34N4O2.HI/c1-14(2)24-12-15(3)19(13-24)23-20(21-5)22-11-16(4)26-18-9-7-8-17(10-18)25-6;/h7-10,14-16,19H,11-13H2,1-6H3,(H2,21,22,23);1H. The molecule has 0 spiro atoms. The van der Waals surface area contributed by atoms with Gasteiger partial charge in [0, 0.05) is 38.3 Å². The fraction of sp³-hybridized carbons (Fsp3) is 0.650. The molecule has 0 saturated carbocycles. The van der Waals surface area contributed by atoms with E-state index in [9.17, 15) is 0 Å². The Bertz CT molecular complexity index is 597. The van der Waals surface area contributed by atoms with Crippen LogP contribution in [0.25, 0.3) is 0 Å². The third-order valence-corrected chi connectivity index (χ3v) is 4.85. The molecule has 27 heavy (non-hydrogen) atoms. The Kier molecular flexibility index (Phi) is 10.2. The normalized spacial score (nSPS) is 21.5. The second-order valence-corrected chi connectivity index (χ2v) is 7.34. The average Bonchev–Trinajstić information content (AvgIpc) is 2.99. The van der Waals surface area contributed by atoms with Gasteiger partial charge in [-0.05, 0) is 38.8 Å². The van der Waals surface area contributed by atoms with Gasteiger partial charge in [-0.25, -0.2) is 0 Å². The van der Waals surface area contributed by atoms with Crippen molar-refractivity contribution in [1.82, 2.24) is 15.5 Å². The SMILES string of the molecule is CN=C(NCC(C)Oc1cccc(OC)c1)NC1CN(C(C)C)CC1C.I. The van der Waals surface area contributed by atoms with Crippen molar-refractivity contribution >= 4 is 29.9 Å². The minimum atomic E-state index is 0. The molecule has 0 bridgehead atoms. The molecule has 0 amide bonds. The van der Waals surface area contributed by atoms with Crippen LogP contribution in [0.15, 0.2) is 29.3 Å². The number of hydrogen-bond acceptors (Lipinski definition) is 4. The van der Waals surface area contributed by atoms with Gasteiger partial charge in [-0.3, -0.25) is 9.89 Å². The summed E-state index contributed by atoms with van der Waals surface area (Å²) in [6.07, 6.45) is 0.00817. The van der Waals surface area contributed by atoms with Gasteiger partial charge in [-0.2, -0.15) is 0 Å². The maximum absolute atomic E-state index is 5.96. The first kappa shape index (κ1) is 23.8. The highest BCUT2D eigenvalue weighted by Crippen LogP contribution is 2.20. The Hall–Kier alpha value is -1.22. The van der Waals surface area contributed by atoms with Crippen molar-refractivity contribution in [1.29, 1.82) is 0 Å². The third kappa shape index (κ3) is 7.37.